The van der Waals surface area contributed by atoms with Crippen molar-refractivity contribution in [2.45, 2.75) is 56.3 Å². The molecular formula is C34H15BF24N-. The second-order valence-corrected chi connectivity index (χ2v) is 12.4. The van der Waals surface area contributed by atoms with Crippen LogP contribution >= 0.6 is 0 Å². The first-order valence-corrected chi connectivity index (χ1v) is 15.3. The van der Waals surface area contributed by atoms with Crippen molar-refractivity contribution >= 4 is 28.0 Å². The molecule has 0 aromatic heterocycles. The number of rotatable bonds is 4. The van der Waals surface area contributed by atoms with E-state index in [0.717, 1.165) is 0 Å². The minimum absolute atomic E-state index is 0.691. The number of nitrogens with zero attached hydrogens (tertiary/aromatic N) is 1. The fourth-order valence-corrected chi connectivity index (χ4v) is 6.07. The van der Waals surface area contributed by atoms with Crippen LogP contribution in [0.25, 0.3) is 0 Å². The van der Waals surface area contributed by atoms with E-state index in [9.17, 15) is 105 Å². The molecule has 0 bridgehead atoms. The second-order valence-electron chi connectivity index (χ2n) is 12.4. The number of alkyl halides is 24. The van der Waals surface area contributed by atoms with Crippen LogP contribution in [0.2, 0.25) is 0 Å². The van der Waals surface area contributed by atoms with Crippen LogP contribution < -0.4 is 21.9 Å². The Kier molecular flexibility index (Phi) is 12.8. The van der Waals surface area contributed by atoms with E-state index in [-0.39, 0.29) is 0 Å². The maximum absolute atomic E-state index is 14.2. The van der Waals surface area contributed by atoms with Gasteiger partial charge in [0.2, 0.25) is 0 Å². The molecule has 0 aliphatic rings. The van der Waals surface area contributed by atoms with Crippen LogP contribution in [-0.4, -0.2) is 6.15 Å². The second kappa shape index (κ2) is 15.7. The van der Waals surface area contributed by atoms with Crippen molar-refractivity contribution in [1.82, 2.24) is 0 Å². The van der Waals surface area contributed by atoms with E-state index in [1.807, 2.05) is 0 Å². The molecular weight excluding hydrogens is 889 g/mol. The quantitative estimate of drug-likeness (QED) is 0.148. The summed E-state index contributed by atoms with van der Waals surface area (Å²) < 4.78 is 341. The Morgan fingerprint density at radius 2 is 0.383 bits per heavy atom. The molecule has 0 radical (unpaired) electrons. The number of nitriles is 1. The zero-order valence-corrected chi connectivity index (χ0v) is 28.5. The molecule has 4 rings (SSSR count). The van der Waals surface area contributed by atoms with Gasteiger partial charge >= 0.3 is 49.4 Å². The van der Waals surface area contributed by atoms with Gasteiger partial charge < -0.3 is 0 Å². The van der Waals surface area contributed by atoms with Crippen LogP contribution in [0.3, 0.4) is 0 Å². The lowest BCUT2D eigenvalue weighted by molar-refractivity contribution is -0.144. The lowest BCUT2D eigenvalue weighted by Gasteiger charge is -2.46. The number of halogens is 24. The Morgan fingerprint density at radius 3 is 0.467 bits per heavy atom. The molecule has 1 nitrogen and oxygen atoms in total. The summed E-state index contributed by atoms with van der Waals surface area (Å²) in [4.78, 5) is 0. The summed E-state index contributed by atoms with van der Waals surface area (Å²) in [7, 11) is 0. The molecule has 0 atom stereocenters. The zero-order chi connectivity index (χ0) is 46.6. The van der Waals surface area contributed by atoms with E-state index in [4.69, 9.17) is 5.26 Å². The van der Waals surface area contributed by atoms with Crippen molar-refractivity contribution in [1.29, 1.82) is 5.26 Å². The Hall–Kier alpha value is -5.25. The van der Waals surface area contributed by atoms with Crippen molar-refractivity contribution in [2.75, 3.05) is 0 Å². The lowest BCUT2D eigenvalue weighted by Crippen LogP contribution is -2.75. The van der Waals surface area contributed by atoms with E-state index in [0.29, 0.717) is 0 Å². The first-order chi connectivity index (χ1) is 26.7. The smallest absolute Gasteiger partial charge is 0.199 e. The predicted molar refractivity (Wildman–Crippen MR) is 161 cm³/mol. The standard InChI is InChI=1S/C32H12BF24.C2H3N/c34-25(35,36)13-1-14(26(37,38)39)6-21(5-13)33(22-7-15(27(40,41)42)2-16(8-22)28(43,44)45,23-9-17(29(46,47)48)3-18(10-23)30(49,50)51)24-11-19(31(52,53)54)4-20(12-24)32(55,56)57;1-2-3/h1-12H;1H3/q-1;. The molecule has 0 amide bonds. The van der Waals surface area contributed by atoms with E-state index in [1.165, 1.54) is 6.92 Å². The van der Waals surface area contributed by atoms with Crippen molar-refractivity contribution in [3.8, 4) is 6.07 Å². The highest BCUT2D eigenvalue weighted by molar-refractivity contribution is 7.20. The van der Waals surface area contributed by atoms with Crippen LogP contribution in [0.5, 0.6) is 0 Å². The Morgan fingerprint density at radius 1 is 0.283 bits per heavy atom. The maximum atomic E-state index is 14.2. The van der Waals surface area contributed by atoms with Crippen molar-refractivity contribution in [2.24, 2.45) is 0 Å². The SMILES string of the molecule is CC#N.FC(F)(F)c1cc([B-](c2cc(C(F)(F)F)cc(C(F)(F)F)c2)(c2cc(C(F)(F)F)cc(C(F)(F)F)c2)c2cc(C(F)(F)F)cc(C(F)(F)F)c2)cc(C(F)(F)F)c1. The van der Waals surface area contributed by atoms with Gasteiger partial charge in [-0.25, -0.2) is 0 Å². The fourth-order valence-electron chi connectivity index (χ4n) is 6.07. The Labute approximate surface area is 318 Å². The van der Waals surface area contributed by atoms with Gasteiger partial charge in [-0.05, 0) is 24.3 Å². The minimum atomic E-state index is -6.13. The van der Waals surface area contributed by atoms with E-state index in [2.05, 4.69) is 0 Å². The molecule has 328 valence electrons. The van der Waals surface area contributed by atoms with Gasteiger partial charge in [0.25, 0.3) is 0 Å². The largest absolute Gasteiger partial charge is 0.416 e. The molecule has 0 heterocycles. The molecule has 0 aliphatic carbocycles. The highest BCUT2D eigenvalue weighted by atomic mass is 19.4. The van der Waals surface area contributed by atoms with Crippen LogP contribution in [-0.2, 0) is 49.4 Å². The zero-order valence-electron chi connectivity index (χ0n) is 28.5. The van der Waals surface area contributed by atoms with Gasteiger partial charge in [0, 0.05) is 6.92 Å². The molecule has 4 aromatic rings. The highest BCUT2D eigenvalue weighted by Crippen LogP contribution is 2.41. The van der Waals surface area contributed by atoms with Gasteiger partial charge in [0.15, 0.2) is 0 Å². The fraction of sp³-hybridized carbons (Fsp3) is 0.265. The summed E-state index contributed by atoms with van der Waals surface area (Å²) in [5.74, 6) is 0. The molecule has 60 heavy (non-hydrogen) atoms. The molecule has 0 saturated heterocycles. The molecule has 26 heteroatoms. The lowest BCUT2D eigenvalue weighted by atomic mass is 9.12. The summed E-state index contributed by atoms with van der Waals surface area (Å²) in [5, 5.41) is 7.32. The summed E-state index contributed by atoms with van der Waals surface area (Å²) >= 11 is 0. The first kappa shape index (κ1) is 49.1. The third kappa shape index (κ3) is 10.7. The van der Waals surface area contributed by atoms with Gasteiger partial charge in [-0.3, -0.25) is 0 Å². The van der Waals surface area contributed by atoms with E-state index in [1.54, 1.807) is 6.07 Å². The number of hydrogen-bond donors (Lipinski definition) is 0. The predicted octanol–water partition coefficient (Wildman–Crippen LogP) is 11.7. The monoisotopic (exact) mass is 904 g/mol. The molecule has 0 saturated carbocycles. The Balaban J connectivity index is 0.00000311. The average molecular weight is 904 g/mol. The summed E-state index contributed by atoms with van der Waals surface area (Å²) in [6.45, 7) is 1.43. The molecule has 0 fully saturated rings. The van der Waals surface area contributed by atoms with Crippen molar-refractivity contribution < 1.29 is 105 Å². The molecule has 0 unspecified atom stereocenters. The van der Waals surface area contributed by atoms with Crippen LogP contribution in [0.15, 0.2) is 72.8 Å². The summed E-state index contributed by atoms with van der Waals surface area (Å²) in [6.07, 6.45) is -54.8. The van der Waals surface area contributed by atoms with Crippen molar-refractivity contribution in [3.05, 3.63) is 117 Å². The van der Waals surface area contributed by atoms with Gasteiger partial charge in [-0.15, -0.1) is 0 Å². The maximum Gasteiger partial charge on any atom is 0.416 e. The summed E-state index contributed by atoms with van der Waals surface area (Å²) in [6, 6.07) is -7.06. The van der Waals surface area contributed by atoms with Crippen LogP contribution in [0.1, 0.15) is 51.4 Å². The third-order valence-electron chi connectivity index (χ3n) is 8.44. The molecule has 0 N–H and O–H groups in total. The number of hydrogen-bond acceptors (Lipinski definition) is 1. The highest BCUT2D eigenvalue weighted by Gasteiger charge is 2.47. The van der Waals surface area contributed by atoms with Crippen molar-refractivity contribution in [3.63, 3.8) is 0 Å². The van der Waals surface area contributed by atoms with Crippen LogP contribution in [0, 0.1) is 11.3 Å². The topological polar surface area (TPSA) is 23.8 Å². The van der Waals surface area contributed by atoms with Gasteiger partial charge in [-0.1, -0.05) is 48.5 Å². The van der Waals surface area contributed by atoms with Gasteiger partial charge in [0.1, 0.15) is 6.15 Å². The molecule has 0 spiro atoms. The molecule has 0 aliphatic heterocycles. The third-order valence-corrected chi connectivity index (χ3v) is 8.44. The normalized spacial score (nSPS) is 13.7. The molecule has 4 aromatic carbocycles. The van der Waals surface area contributed by atoms with Gasteiger partial charge in [0.05, 0.1) is 50.6 Å². The van der Waals surface area contributed by atoms with Gasteiger partial charge in [-0.2, -0.15) is 132 Å². The van der Waals surface area contributed by atoms with E-state index < -0.39 is 195 Å². The number of benzene rings is 4. The van der Waals surface area contributed by atoms with Crippen LogP contribution in [0.4, 0.5) is 105 Å². The average Bonchev–Trinajstić information content (AvgIpc) is 3.05. The first-order valence-electron chi connectivity index (χ1n) is 15.3. The summed E-state index contributed by atoms with van der Waals surface area (Å²) in [5.41, 5.74) is -30.2. The Bertz CT molecular complexity index is 1800. The minimum Gasteiger partial charge on any atom is -0.199 e. The van der Waals surface area contributed by atoms with E-state index >= 15 is 0 Å².